The number of rotatable bonds is 5. The molecule has 0 heteroatoms. The Labute approximate surface area is 170 Å². The van der Waals surface area contributed by atoms with Gasteiger partial charge in [0.05, 0.1) is 0 Å². The Hall–Kier alpha value is 0. The second-order valence-electron chi connectivity index (χ2n) is 12.4. The van der Waals surface area contributed by atoms with Crippen molar-refractivity contribution in [3.63, 3.8) is 0 Å². The van der Waals surface area contributed by atoms with E-state index in [0.717, 1.165) is 41.4 Å². The lowest BCUT2D eigenvalue weighted by Gasteiger charge is -2.61. The monoisotopic (exact) mass is 372 g/mol. The Morgan fingerprint density at radius 1 is 0.741 bits per heavy atom. The fraction of sp³-hybridized carbons (Fsp3) is 1.00. The summed E-state index contributed by atoms with van der Waals surface area (Å²) in [6.07, 6.45) is 19.9. The molecule has 0 aromatic carbocycles. The molecule has 4 fully saturated rings. The maximum atomic E-state index is 2.75. The molecule has 4 rings (SSSR count). The van der Waals surface area contributed by atoms with E-state index in [4.69, 9.17) is 0 Å². The minimum absolute atomic E-state index is 0.677. The maximum Gasteiger partial charge on any atom is -0.0264 e. The van der Waals surface area contributed by atoms with Crippen LogP contribution in [-0.2, 0) is 0 Å². The standard InChI is InChI=1S/C27H48/c1-19(2)9-8-10-20(3)23-14-15-24-22-13-12-21-11-6-7-17-26(21,4)25(22)16-18-27(23,24)5/h19-25H,6-18H2,1-5H3/t20-,21+,22+,23+,24-,25+,26+,27-/m1/s1. The van der Waals surface area contributed by atoms with Crippen molar-refractivity contribution in [1.29, 1.82) is 0 Å². The van der Waals surface area contributed by atoms with Crippen LogP contribution in [0, 0.1) is 52.3 Å². The van der Waals surface area contributed by atoms with E-state index >= 15 is 0 Å². The van der Waals surface area contributed by atoms with Gasteiger partial charge in [0.25, 0.3) is 0 Å². The first-order chi connectivity index (χ1) is 12.9. The van der Waals surface area contributed by atoms with Crippen LogP contribution >= 0.6 is 0 Å². The minimum atomic E-state index is 0.677. The van der Waals surface area contributed by atoms with Gasteiger partial charge < -0.3 is 0 Å². The first-order valence-corrected chi connectivity index (χ1v) is 12.9. The Bertz CT molecular complexity index is 506. The fourth-order valence-corrected chi connectivity index (χ4v) is 9.32. The van der Waals surface area contributed by atoms with Gasteiger partial charge in [-0.15, -0.1) is 0 Å². The maximum absolute atomic E-state index is 2.75. The third-order valence-electron chi connectivity index (χ3n) is 10.8. The molecule has 4 saturated carbocycles. The van der Waals surface area contributed by atoms with Crippen LogP contribution in [0.4, 0.5) is 0 Å². The van der Waals surface area contributed by atoms with E-state index in [1.165, 1.54) is 32.1 Å². The van der Waals surface area contributed by atoms with Gasteiger partial charge in [-0.25, -0.2) is 0 Å². The van der Waals surface area contributed by atoms with E-state index in [0.29, 0.717) is 10.8 Å². The van der Waals surface area contributed by atoms with Crippen molar-refractivity contribution in [2.75, 3.05) is 0 Å². The smallest absolute Gasteiger partial charge is 0.0264 e. The number of hydrogen-bond acceptors (Lipinski definition) is 0. The van der Waals surface area contributed by atoms with Gasteiger partial charge in [0, 0.05) is 0 Å². The molecule has 0 heterocycles. The molecule has 0 aromatic heterocycles. The zero-order valence-corrected chi connectivity index (χ0v) is 19.2. The summed E-state index contributed by atoms with van der Waals surface area (Å²) in [6.45, 7) is 12.9. The van der Waals surface area contributed by atoms with E-state index in [-0.39, 0.29) is 0 Å². The van der Waals surface area contributed by atoms with Crippen molar-refractivity contribution in [3.05, 3.63) is 0 Å². The van der Waals surface area contributed by atoms with E-state index in [1.54, 1.807) is 51.4 Å². The van der Waals surface area contributed by atoms with Crippen LogP contribution in [0.15, 0.2) is 0 Å². The lowest BCUT2D eigenvalue weighted by molar-refractivity contribution is -0.114. The Kier molecular flexibility index (Phi) is 5.77. The minimum Gasteiger partial charge on any atom is -0.0628 e. The van der Waals surface area contributed by atoms with Crippen LogP contribution in [0.5, 0.6) is 0 Å². The van der Waals surface area contributed by atoms with Crippen molar-refractivity contribution in [1.82, 2.24) is 0 Å². The molecule has 4 aliphatic rings. The molecule has 0 nitrogen and oxygen atoms in total. The largest absolute Gasteiger partial charge is 0.0628 e. The van der Waals surface area contributed by atoms with Crippen LogP contribution in [-0.4, -0.2) is 0 Å². The van der Waals surface area contributed by atoms with E-state index in [2.05, 4.69) is 34.6 Å². The molecular weight excluding hydrogens is 324 g/mol. The normalized spacial score (nSPS) is 48.0. The average molecular weight is 373 g/mol. The Balaban J connectivity index is 1.46. The van der Waals surface area contributed by atoms with Crippen molar-refractivity contribution in [2.24, 2.45) is 52.3 Å². The molecule has 0 N–H and O–H groups in total. The summed E-state index contributed by atoms with van der Waals surface area (Å²) < 4.78 is 0. The summed E-state index contributed by atoms with van der Waals surface area (Å²) in [5.74, 6) is 7.15. The predicted octanol–water partition coefficient (Wildman–Crippen LogP) is 8.50. The van der Waals surface area contributed by atoms with Crippen molar-refractivity contribution in [3.8, 4) is 0 Å². The van der Waals surface area contributed by atoms with E-state index in [1.807, 2.05) is 0 Å². The highest BCUT2D eigenvalue weighted by molar-refractivity contribution is 5.09. The topological polar surface area (TPSA) is 0 Å². The van der Waals surface area contributed by atoms with Crippen molar-refractivity contribution in [2.45, 2.75) is 118 Å². The van der Waals surface area contributed by atoms with Gasteiger partial charge in [-0.1, -0.05) is 66.7 Å². The Morgan fingerprint density at radius 3 is 2.30 bits per heavy atom. The van der Waals surface area contributed by atoms with Gasteiger partial charge >= 0.3 is 0 Å². The first kappa shape index (κ1) is 20.3. The predicted molar refractivity (Wildman–Crippen MR) is 118 cm³/mol. The molecule has 0 unspecified atom stereocenters. The van der Waals surface area contributed by atoms with Crippen molar-refractivity contribution >= 4 is 0 Å². The van der Waals surface area contributed by atoms with Gasteiger partial charge in [0.15, 0.2) is 0 Å². The van der Waals surface area contributed by atoms with Gasteiger partial charge in [0.1, 0.15) is 0 Å². The first-order valence-electron chi connectivity index (χ1n) is 12.9. The summed E-state index contributed by atoms with van der Waals surface area (Å²) >= 11 is 0. The highest BCUT2D eigenvalue weighted by Gasteiger charge is 2.59. The summed E-state index contributed by atoms with van der Waals surface area (Å²) in [5, 5.41) is 0. The SMILES string of the molecule is CC(C)CCC[C@@H](C)[C@@H]1CC[C@@H]2[C@@H]3CC[C@@H]4CCCC[C@]4(C)[C@H]3CC[C@@]21C. The average Bonchev–Trinajstić information content (AvgIpc) is 2.98. The summed E-state index contributed by atoms with van der Waals surface area (Å²) in [7, 11) is 0. The van der Waals surface area contributed by atoms with Gasteiger partial charge in [-0.3, -0.25) is 0 Å². The van der Waals surface area contributed by atoms with Crippen LogP contribution < -0.4 is 0 Å². The highest BCUT2D eigenvalue weighted by atomic mass is 14.6. The van der Waals surface area contributed by atoms with Crippen LogP contribution in [0.1, 0.15) is 118 Å². The molecule has 0 bridgehead atoms. The van der Waals surface area contributed by atoms with Gasteiger partial charge in [-0.2, -0.15) is 0 Å². The lowest BCUT2D eigenvalue weighted by Crippen LogP contribution is -2.53. The van der Waals surface area contributed by atoms with Crippen LogP contribution in [0.25, 0.3) is 0 Å². The molecule has 156 valence electrons. The van der Waals surface area contributed by atoms with Crippen LogP contribution in [0.3, 0.4) is 0 Å². The Morgan fingerprint density at radius 2 is 1.52 bits per heavy atom. The molecule has 0 aliphatic heterocycles. The zero-order chi connectivity index (χ0) is 19.2. The third kappa shape index (κ3) is 3.44. The molecule has 0 aromatic rings. The molecule has 4 aliphatic carbocycles. The fourth-order valence-electron chi connectivity index (χ4n) is 9.32. The van der Waals surface area contributed by atoms with Gasteiger partial charge in [0.2, 0.25) is 0 Å². The molecule has 8 atom stereocenters. The van der Waals surface area contributed by atoms with Crippen LogP contribution in [0.2, 0.25) is 0 Å². The molecule has 0 amide bonds. The van der Waals surface area contributed by atoms with E-state index in [9.17, 15) is 0 Å². The molecule has 0 spiro atoms. The second-order valence-corrected chi connectivity index (χ2v) is 12.4. The van der Waals surface area contributed by atoms with Crippen molar-refractivity contribution < 1.29 is 0 Å². The summed E-state index contributed by atoms with van der Waals surface area (Å²) in [6, 6.07) is 0. The molecule has 0 saturated heterocycles. The zero-order valence-electron chi connectivity index (χ0n) is 19.2. The highest BCUT2D eigenvalue weighted by Crippen LogP contribution is 2.68. The summed E-state index contributed by atoms with van der Waals surface area (Å²) in [5.41, 5.74) is 1.39. The van der Waals surface area contributed by atoms with E-state index < -0.39 is 0 Å². The number of fused-ring (bicyclic) bond motifs is 5. The van der Waals surface area contributed by atoms with Gasteiger partial charge in [-0.05, 0) is 104 Å². The number of hydrogen-bond donors (Lipinski definition) is 0. The quantitative estimate of drug-likeness (QED) is 0.453. The second kappa shape index (κ2) is 7.68. The third-order valence-corrected chi connectivity index (χ3v) is 10.8. The molecule has 27 heavy (non-hydrogen) atoms. The molecular formula is C27H48. The summed E-state index contributed by atoms with van der Waals surface area (Å²) in [4.78, 5) is 0. The lowest BCUT2D eigenvalue weighted by atomic mass is 9.44. The molecule has 0 radical (unpaired) electrons.